The first-order chi connectivity index (χ1) is 8.03. The summed E-state index contributed by atoms with van der Waals surface area (Å²) in [7, 11) is 0. The van der Waals surface area contributed by atoms with E-state index in [1.54, 1.807) is 18.2 Å². The van der Waals surface area contributed by atoms with Gasteiger partial charge < -0.3 is 0 Å². The van der Waals surface area contributed by atoms with Crippen molar-refractivity contribution in [2.75, 3.05) is 0 Å². The zero-order valence-electron chi connectivity index (χ0n) is 9.93. The lowest BCUT2D eigenvalue weighted by molar-refractivity contribution is 0.0750. The van der Waals surface area contributed by atoms with E-state index in [1.165, 1.54) is 6.42 Å². The standard InChI is InChI=1S/C14H16Cl2O/c1-14(7-3-2-4-8-14)13(17)11-9-10(15)5-6-12(11)16/h5-6,9H,2-4,7-8H2,1H3. The van der Waals surface area contributed by atoms with Gasteiger partial charge in [-0.2, -0.15) is 0 Å². The maximum atomic E-state index is 12.6. The zero-order valence-corrected chi connectivity index (χ0v) is 11.4. The minimum absolute atomic E-state index is 0.143. The highest BCUT2D eigenvalue weighted by Gasteiger charge is 2.35. The second-order valence-corrected chi connectivity index (χ2v) is 5.92. The molecule has 1 aliphatic rings. The summed E-state index contributed by atoms with van der Waals surface area (Å²) in [4.78, 5) is 12.6. The van der Waals surface area contributed by atoms with Crippen molar-refractivity contribution in [1.29, 1.82) is 0 Å². The van der Waals surface area contributed by atoms with E-state index in [0.717, 1.165) is 25.7 Å². The number of hydrogen-bond donors (Lipinski definition) is 0. The Morgan fingerprint density at radius 3 is 2.47 bits per heavy atom. The molecule has 0 unspecified atom stereocenters. The Morgan fingerprint density at radius 2 is 1.82 bits per heavy atom. The fourth-order valence-electron chi connectivity index (χ4n) is 2.56. The molecule has 0 radical (unpaired) electrons. The summed E-state index contributed by atoms with van der Waals surface area (Å²) in [5, 5.41) is 1.07. The molecule has 3 heteroatoms. The van der Waals surface area contributed by atoms with Crippen LogP contribution in [0.1, 0.15) is 49.4 Å². The SMILES string of the molecule is CC1(C(=O)c2cc(Cl)ccc2Cl)CCCCC1. The molecule has 0 amide bonds. The van der Waals surface area contributed by atoms with Crippen molar-refractivity contribution in [2.45, 2.75) is 39.0 Å². The number of benzene rings is 1. The van der Waals surface area contributed by atoms with Crippen LogP contribution in [0, 0.1) is 5.41 Å². The normalized spacial score (nSPS) is 19.0. The minimum atomic E-state index is -0.257. The van der Waals surface area contributed by atoms with E-state index in [-0.39, 0.29) is 11.2 Å². The lowest BCUT2D eigenvalue weighted by Crippen LogP contribution is -2.30. The highest BCUT2D eigenvalue weighted by atomic mass is 35.5. The van der Waals surface area contributed by atoms with Gasteiger partial charge >= 0.3 is 0 Å². The van der Waals surface area contributed by atoms with Crippen LogP contribution in [-0.4, -0.2) is 5.78 Å². The molecule has 0 heterocycles. The second kappa shape index (κ2) is 4.99. The van der Waals surface area contributed by atoms with Crippen LogP contribution < -0.4 is 0 Å². The van der Waals surface area contributed by atoms with Crippen LogP contribution in [0.2, 0.25) is 10.0 Å². The van der Waals surface area contributed by atoms with E-state index in [0.29, 0.717) is 15.6 Å². The third-order valence-electron chi connectivity index (χ3n) is 3.68. The zero-order chi connectivity index (χ0) is 12.5. The highest BCUT2D eigenvalue weighted by Crippen LogP contribution is 2.40. The minimum Gasteiger partial charge on any atom is -0.294 e. The molecule has 0 saturated heterocycles. The first-order valence-corrected chi connectivity index (χ1v) is 6.78. The molecule has 0 atom stereocenters. The van der Waals surface area contributed by atoms with Crippen LogP contribution >= 0.6 is 23.2 Å². The van der Waals surface area contributed by atoms with Crippen molar-refractivity contribution in [3.05, 3.63) is 33.8 Å². The molecule has 0 bridgehead atoms. The third-order valence-corrected chi connectivity index (χ3v) is 4.24. The number of hydrogen-bond acceptors (Lipinski definition) is 1. The molecule has 17 heavy (non-hydrogen) atoms. The predicted molar refractivity (Wildman–Crippen MR) is 72.0 cm³/mol. The quantitative estimate of drug-likeness (QED) is 0.680. The number of halogens is 2. The smallest absolute Gasteiger partial charge is 0.170 e. The molecule has 2 rings (SSSR count). The van der Waals surface area contributed by atoms with Crippen molar-refractivity contribution < 1.29 is 4.79 Å². The molecule has 1 saturated carbocycles. The average molecular weight is 271 g/mol. The van der Waals surface area contributed by atoms with E-state index in [4.69, 9.17) is 23.2 Å². The molecule has 92 valence electrons. The average Bonchev–Trinajstić information content (AvgIpc) is 2.32. The van der Waals surface area contributed by atoms with Gasteiger partial charge in [-0.25, -0.2) is 0 Å². The van der Waals surface area contributed by atoms with Crippen LogP contribution in [-0.2, 0) is 0 Å². The number of carbonyl (C=O) groups is 1. The summed E-state index contributed by atoms with van der Waals surface area (Å²) in [5.41, 5.74) is 0.315. The van der Waals surface area contributed by atoms with Crippen molar-refractivity contribution in [3.8, 4) is 0 Å². The van der Waals surface area contributed by atoms with Gasteiger partial charge in [0.1, 0.15) is 0 Å². The van der Waals surface area contributed by atoms with Crippen LogP contribution in [0.15, 0.2) is 18.2 Å². The monoisotopic (exact) mass is 270 g/mol. The molecule has 1 nitrogen and oxygen atoms in total. The second-order valence-electron chi connectivity index (χ2n) is 5.07. The lowest BCUT2D eigenvalue weighted by atomic mass is 9.71. The van der Waals surface area contributed by atoms with Gasteiger partial charge in [-0.1, -0.05) is 49.4 Å². The molecule has 0 spiro atoms. The van der Waals surface area contributed by atoms with Crippen molar-refractivity contribution in [1.82, 2.24) is 0 Å². The topological polar surface area (TPSA) is 17.1 Å². The van der Waals surface area contributed by atoms with Gasteiger partial charge in [-0.3, -0.25) is 4.79 Å². The highest BCUT2D eigenvalue weighted by molar-refractivity contribution is 6.36. The Hall–Kier alpha value is -0.530. The summed E-state index contributed by atoms with van der Waals surface area (Å²) in [5.74, 6) is 0.143. The third kappa shape index (κ3) is 2.66. The molecular formula is C14H16Cl2O. The largest absolute Gasteiger partial charge is 0.294 e. The van der Waals surface area contributed by atoms with Gasteiger partial charge in [-0.05, 0) is 31.0 Å². The van der Waals surface area contributed by atoms with E-state index in [1.807, 2.05) is 6.92 Å². The van der Waals surface area contributed by atoms with Crippen molar-refractivity contribution >= 4 is 29.0 Å². The fraction of sp³-hybridized carbons (Fsp3) is 0.500. The summed E-state index contributed by atoms with van der Waals surface area (Å²) in [6.45, 7) is 2.05. The van der Waals surface area contributed by atoms with Crippen molar-refractivity contribution in [2.24, 2.45) is 5.41 Å². The summed E-state index contributed by atoms with van der Waals surface area (Å²) < 4.78 is 0. The Labute approximate surface area is 112 Å². The van der Waals surface area contributed by atoms with Gasteiger partial charge in [-0.15, -0.1) is 0 Å². The number of rotatable bonds is 2. The molecule has 0 N–H and O–H groups in total. The molecule has 0 aromatic heterocycles. The summed E-state index contributed by atoms with van der Waals surface area (Å²) in [6.07, 6.45) is 5.39. The Bertz CT molecular complexity index is 434. The summed E-state index contributed by atoms with van der Waals surface area (Å²) >= 11 is 12.0. The van der Waals surface area contributed by atoms with Gasteiger partial charge in [0.15, 0.2) is 5.78 Å². The Kier molecular flexibility index (Phi) is 3.79. The molecule has 1 aliphatic carbocycles. The predicted octanol–water partition coefficient (Wildman–Crippen LogP) is 5.15. The lowest BCUT2D eigenvalue weighted by Gasteiger charge is -2.32. The van der Waals surface area contributed by atoms with Gasteiger partial charge in [0.2, 0.25) is 0 Å². The molecule has 0 aliphatic heterocycles. The maximum absolute atomic E-state index is 12.6. The molecular weight excluding hydrogens is 255 g/mol. The molecule has 1 aromatic rings. The van der Waals surface area contributed by atoms with Gasteiger partial charge in [0.25, 0.3) is 0 Å². The first kappa shape index (κ1) is 12.9. The number of carbonyl (C=O) groups excluding carboxylic acids is 1. The van der Waals surface area contributed by atoms with E-state index >= 15 is 0 Å². The van der Waals surface area contributed by atoms with Crippen molar-refractivity contribution in [3.63, 3.8) is 0 Å². The molecule has 1 fully saturated rings. The Morgan fingerprint density at radius 1 is 1.18 bits per heavy atom. The van der Waals surface area contributed by atoms with Crippen LogP contribution in [0.5, 0.6) is 0 Å². The number of ketones is 1. The van der Waals surface area contributed by atoms with Crippen LogP contribution in [0.25, 0.3) is 0 Å². The maximum Gasteiger partial charge on any atom is 0.170 e. The fourth-order valence-corrected chi connectivity index (χ4v) is 2.93. The van der Waals surface area contributed by atoms with Crippen LogP contribution in [0.3, 0.4) is 0 Å². The van der Waals surface area contributed by atoms with Gasteiger partial charge in [0.05, 0.1) is 5.02 Å². The van der Waals surface area contributed by atoms with Gasteiger partial charge in [0, 0.05) is 16.0 Å². The Balaban J connectivity index is 2.32. The van der Waals surface area contributed by atoms with Crippen LogP contribution in [0.4, 0.5) is 0 Å². The van der Waals surface area contributed by atoms with E-state index in [2.05, 4.69) is 0 Å². The summed E-state index contributed by atoms with van der Waals surface area (Å²) in [6, 6.07) is 5.10. The number of Topliss-reactive ketones (excluding diaryl/α,β-unsaturated/α-hetero) is 1. The van der Waals surface area contributed by atoms with E-state index in [9.17, 15) is 4.79 Å². The first-order valence-electron chi connectivity index (χ1n) is 6.03. The van der Waals surface area contributed by atoms with E-state index < -0.39 is 0 Å². The molecule has 1 aromatic carbocycles.